The number of rotatable bonds is 12. The van der Waals surface area contributed by atoms with Gasteiger partial charge in [0.05, 0.1) is 12.3 Å². The third-order valence-electron chi connectivity index (χ3n) is 7.68. The molecule has 9 nitrogen and oxygen atoms in total. The van der Waals surface area contributed by atoms with E-state index in [2.05, 4.69) is 16.0 Å². The van der Waals surface area contributed by atoms with Gasteiger partial charge in [0.2, 0.25) is 23.6 Å². The van der Waals surface area contributed by atoms with Crippen molar-refractivity contribution >= 4 is 52.5 Å². The molecular weight excluding hydrogens is 586 g/mol. The highest BCUT2D eigenvalue weighted by atomic mass is 35.5. The molecule has 2 aliphatic rings. The Labute approximate surface area is 254 Å². The minimum Gasteiger partial charge on any atom is -0.369 e. The molecule has 0 radical (unpaired) electrons. The summed E-state index contributed by atoms with van der Waals surface area (Å²) < 4.78 is 17.3. The van der Waals surface area contributed by atoms with Gasteiger partial charge in [-0.2, -0.15) is 0 Å². The highest BCUT2D eigenvalue weighted by Gasteiger charge is 2.44. The van der Waals surface area contributed by atoms with Crippen LogP contribution < -0.4 is 20.9 Å². The maximum Gasteiger partial charge on any atom is 0.250 e. The van der Waals surface area contributed by atoms with Gasteiger partial charge in [-0.1, -0.05) is 61.7 Å². The first kappa shape index (κ1) is 31.7. The van der Waals surface area contributed by atoms with E-state index in [9.17, 15) is 23.6 Å². The number of alkyl halides is 1. The Bertz CT molecular complexity index is 1320. The second-order valence-corrected chi connectivity index (χ2v) is 11.5. The van der Waals surface area contributed by atoms with Crippen LogP contribution >= 0.6 is 23.2 Å². The smallest absolute Gasteiger partial charge is 0.250 e. The Balaban J connectivity index is 1.51. The van der Waals surface area contributed by atoms with Crippen molar-refractivity contribution in [1.29, 1.82) is 0 Å². The standard InChI is InChI=1S/C30H35Cl2FN4O5/c1-3-17(2)26(36-25(38)16-42-10-9-33)29(40)35-23-8-7-19-5-4-6-20-13-24(37(27(19)20)30(23)41)28(39)34-15-18-11-21(31)14-22(32)12-18/h4-6,11-12,14,17,23-24,26H,3,7-10,13,15-16H2,1-2H3,(H,34,39)(H,35,40)(H,36,38)/t17-,23-,24-,26-/m0/s1. The molecule has 2 aliphatic heterocycles. The number of nitrogens with zero attached hydrogens (tertiary/aromatic N) is 1. The van der Waals surface area contributed by atoms with Crippen LogP contribution in [-0.2, 0) is 43.3 Å². The number of para-hydroxylation sites is 1. The lowest BCUT2D eigenvalue weighted by Crippen LogP contribution is -2.58. The normalized spacial score (nSPS) is 19.0. The van der Waals surface area contributed by atoms with Crippen molar-refractivity contribution in [1.82, 2.24) is 16.0 Å². The Morgan fingerprint density at radius 1 is 1.14 bits per heavy atom. The molecule has 2 aromatic carbocycles. The fourth-order valence-corrected chi connectivity index (χ4v) is 5.96. The zero-order valence-corrected chi connectivity index (χ0v) is 25.1. The summed E-state index contributed by atoms with van der Waals surface area (Å²) in [6, 6.07) is 8.11. The maximum atomic E-state index is 14.0. The number of benzene rings is 2. The highest BCUT2D eigenvalue weighted by molar-refractivity contribution is 6.34. The van der Waals surface area contributed by atoms with Gasteiger partial charge in [-0.25, -0.2) is 4.39 Å². The summed E-state index contributed by atoms with van der Waals surface area (Å²) in [6.45, 7) is 2.56. The summed E-state index contributed by atoms with van der Waals surface area (Å²) >= 11 is 12.2. The molecule has 4 rings (SSSR count). The summed E-state index contributed by atoms with van der Waals surface area (Å²) in [6.07, 6.45) is 1.77. The van der Waals surface area contributed by atoms with E-state index in [-0.39, 0.29) is 31.6 Å². The van der Waals surface area contributed by atoms with E-state index in [0.29, 0.717) is 41.4 Å². The first-order chi connectivity index (χ1) is 20.1. The van der Waals surface area contributed by atoms with E-state index in [4.69, 9.17) is 27.9 Å². The van der Waals surface area contributed by atoms with Crippen LogP contribution in [0.15, 0.2) is 36.4 Å². The Kier molecular flexibility index (Phi) is 10.8. The number of halogens is 3. The molecule has 42 heavy (non-hydrogen) atoms. The Hall–Kier alpha value is -3.21. The van der Waals surface area contributed by atoms with Crippen LogP contribution in [0, 0.1) is 5.92 Å². The van der Waals surface area contributed by atoms with E-state index in [0.717, 1.165) is 16.7 Å². The van der Waals surface area contributed by atoms with Gasteiger partial charge in [-0.05, 0) is 53.6 Å². The number of amides is 4. The van der Waals surface area contributed by atoms with Crippen molar-refractivity contribution in [2.45, 2.75) is 64.2 Å². The quantitative estimate of drug-likeness (QED) is 0.314. The number of ether oxygens (including phenoxy) is 1. The maximum absolute atomic E-state index is 14.0. The van der Waals surface area contributed by atoms with E-state index in [1.165, 1.54) is 4.90 Å². The van der Waals surface area contributed by atoms with Gasteiger partial charge in [-0.15, -0.1) is 0 Å². The van der Waals surface area contributed by atoms with Crippen molar-refractivity contribution in [3.8, 4) is 0 Å². The SMILES string of the molecule is CC[C@H](C)[C@H](NC(=O)COCCF)C(=O)N[C@H]1CCc2cccc3c2N(C1=O)[C@H](C(=O)NCc1cc(Cl)cc(Cl)c1)C3. The second-order valence-electron chi connectivity index (χ2n) is 10.6. The lowest BCUT2D eigenvalue weighted by molar-refractivity contribution is -0.134. The number of anilines is 1. The minimum absolute atomic E-state index is 0.173. The van der Waals surface area contributed by atoms with Gasteiger partial charge in [0, 0.05) is 23.0 Å². The fourth-order valence-electron chi connectivity index (χ4n) is 5.39. The van der Waals surface area contributed by atoms with Crippen LogP contribution in [0.25, 0.3) is 0 Å². The van der Waals surface area contributed by atoms with Crippen molar-refractivity contribution in [2.75, 3.05) is 24.8 Å². The van der Waals surface area contributed by atoms with E-state index in [1.807, 2.05) is 32.0 Å². The highest BCUT2D eigenvalue weighted by Crippen LogP contribution is 2.39. The monoisotopic (exact) mass is 620 g/mol. The molecule has 0 saturated heterocycles. The number of hydrogen-bond acceptors (Lipinski definition) is 5. The third-order valence-corrected chi connectivity index (χ3v) is 8.12. The molecule has 12 heteroatoms. The topological polar surface area (TPSA) is 117 Å². The van der Waals surface area contributed by atoms with E-state index in [1.54, 1.807) is 18.2 Å². The molecule has 2 heterocycles. The van der Waals surface area contributed by atoms with E-state index >= 15 is 0 Å². The number of nitrogens with one attached hydrogen (secondary N) is 3. The lowest BCUT2D eigenvalue weighted by Gasteiger charge is -2.30. The van der Waals surface area contributed by atoms with Crippen molar-refractivity contribution in [3.05, 3.63) is 63.1 Å². The summed E-state index contributed by atoms with van der Waals surface area (Å²) in [5.74, 6) is -2.04. The van der Waals surface area contributed by atoms with Gasteiger partial charge < -0.3 is 20.7 Å². The number of hydrogen-bond donors (Lipinski definition) is 3. The average Bonchev–Trinajstić information content (AvgIpc) is 3.29. The van der Waals surface area contributed by atoms with Gasteiger partial charge in [0.25, 0.3) is 0 Å². The second kappa shape index (κ2) is 14.3. The molecule has 0 saturated carbocycles. The molecule has 4 amide bonds. The number of carbonyl (C=O) groups is 4. The third kappa shape index (κ3) is 7.40. The van der Waals surface area contributed by atoms with Crippen molar-refractivity contribution < 1.29 is 28.3 Å². The molecule has 2 aromatic rings. The summed E-state index contributed by atoms with van der Waals surface area (Å²) in [4.78, 5) is 54.8. The molecule has 3 N–H and O–H groups in total. The van der Waals surface area contributed by atoms with Gasteiger partial charge in [0.1, 0.15) is 31.4 Å². The Morgan fingerprint density at radius 3 is 2.55 bits per heavy atom. The average molecular weight is 622 g/mol. The zero-order chi connectivity index (χ0) is 30.4. The molecule has 4 atom stereocenters. The lowest BCUT2D eigenvalue weighted by atomic mass is 9.97. The first-order valence-electron chi connectivity index (χ1n) is 14.0. The summed E-state index contributed by atoms with van der Waals surface area (Å²) in [5, 5.41) is 9.30. The summed E-state index contributed by atoms with van der Waals surface area (Å²) in [7, 11) is 0. The first-order valence-corrected chi connectivity index (χ1v) is 14.8. The number of carbonyl (C=O) groups excluding carboxylic acids is 4. The molecule has 0 aromatic heterocycles. The molecule has 0 aliphatic carbocycles. The Morgan fingerprint density at radius 2 is 1.86 bits per heavy atom. The van der Waals surface area contributed by atoms with Crippen LogP contribution in [0.5, 0.6) is 0 Å². The van der Waals surface area contributed by atoms with Crippen LogP contribution in [0.4, 0.5) is 10.1 Å². The fraction of sp³-hybridized carbons (Fsp3) is 0.467. The van der Waals surface area contributed by atoms with Gasteiger partial charge >= 0.3 is 0 Å². The summed E-state index contributed by atoms with van der Waals surface area (Å²) in [5.41, 5.74) is 3.24. The molecule has 0 unspecified atom stereocenters. The molecule has 226 valence electrons. The molecule has 0 spiro atoms. The van der Waals surface area contributed by atoms with Crippen molar-refractivity contribution in [3.63, 3.8) is 0 Å². The van der Waals surface area contributed by atoms with Crippen LogP contribution in [0.1, 0.15) is 43.4 Å². The molecular formula is C30H35Cl2FN4O5. The van der Waals surface area contributed by atoms with E-state index < -0.39 is 42.5 Å². The van der Waals surface area contributed by atoms with Gasteiger partial charge in [-0.3, -0.25) is 24.1 Å². The number of aryl methyl sites for hydroxylation is 1. The zero-order valence-electron chi connectivity index (χ0n) is 23.6. The van der Waals surface area contributed by atoms with Crippen LogP contribution in [0.2, 0.25) is 10.0 Å². The predicted octanol–water partition coefficient (Wildman–Crippen LogP) is 3.52. The minimum atomic E-state index is -0.923. The molecule has 0 bridgehead atoms. The van der Waals surface area contributed by atoms with Gasteiger partial charge in [0.15, 0.2) is 0 Å². The van der Waals surface area contributed by atoms with Crippen molar-refractivity contribution in [2.24, 2.45) is 5.92 Å². The predicted molar refractivity (Wildman–Crippen MR) is 158 cm³/mol. The molecule has 0 fully saturated rings. The van der Waals surface area contributed by atoms with Crippen LogP contribution in [-0.4, -0.2) is 61.6 Å². The largest absolute Gasteiger partial charge is 0.369 e. The van der Waals surface area contributed by atoms with Crippen LogP contribution in [0.3, 0.4) is 0 Å².